The number of anilines is 1. The van der Waals surface area contributed by atoms with Crippen molar-refractivity contribution in [2.75, 3.05) is 12.8 Å². The lowest BCUT2D eigenvalue weighted by atomic mass is 10.1. The number of carbonyl (C=O) groups is 2. The largest absolute Gasteiger partial charge is 0.382 e. The summed E-state index contributed by atoms with van der Waals surface area (Å²) in [5.74, 6) is -0.273. The molecule has 3 aromatic heterocycles. The summed E-state index contributed by atoms with van der Waals surface area (Å²) in [6.07, 6.45) is 3.24. The predicted molar refractivity (Wildman–Crippen MR) is 128 cm³/mol. The highest BCUT2D eigenvalue weighted by Crippen LogP contribution is 2.27. The van der Waals surface area contributed by atoms with Gasteiger partial charge < -0.3 is 5.73 Å². The number of carbonyl (C=O) groups excluding carboxylic acids is 2. The van der Waals surface area contributed by atoms with Gasteiger partial charge in [-0.2, -0.15) is 0 Å². The first-order chi connectivity index (χ1) is 15.8. The van der Waals surface area contributed by atoms with Gasteiger partial charge in [-0.05, 0) is 36.4 Å². The quantitative estimate of drug-likeness (QED) is 0.394. The van der Waals surface area contributed by atoms with Crippen molar-refractivity contribution in [3.8, 4) is 0 Å². The van der Waals surface area contributed by atoms with Crippen LogP contribution in [0.15, 0.2) is 48.9 Å². The second kappa shape index (κ2) is 7.98. The molecule has 3 heterocycles. The Bertz CT molecular complexity index is 1560. The third-order valence-corrected chi connectivity index (χ3v) is 6.61. The summed E-state index contributed by atoms with van der Waals surface area (Å²) in [6.45, 7) is 1.53. The van der Waals surface area contributed by atoms with E-state index in [2.05, 4.69) is 15.0 Å². The Hall–Kier alpha value is -3.76. The minimum Gasteiger partial charge on any atom is -0.382 e. The summed E-state index contributed by atoms with van der Waals surface area (Å²) in [5.41, 5.74) is 9.11. The van der Waals surface area contributed by atoms with E-state index in [1.165, 1.54) is 28.3 Å². The summed E-state index contributed by atoms with van der Waals surface area (Å²) in [7, 11) is 1.56. The standard InChI is InChI=1S/C22H18ClN7O2S/c1-12(31)28(2)30(10-20-26-16-8-14(23)4-6-19(16)33-20)22(32)13-3-5-15-17(7-13)29-11-25-9-18(29)21(24)27-15/h3-9,11H,10H2,1-2H3,(H2,24,27). The maximum atomic E-state index is 13.6. The van der Waals surface area contributed by atoms with E-state index in [4.69, 9.17) is 17.3 Å². The Kier molecular flexibility index (Phi) is 5.10. The van der Waals surface area contributed by atoms with Crippen molar-refractivity contribution in [2.45, 2.75) is 13.5 Å². The molecule has 0 saturated carbocycles. The zero-order valence-corrected chi connectivity index (χ0v) is 19.3. The number of thiazole rings is 1. The lowest BCUT2D eigenvalue weighted by Gasteiger charge is -2.30. The molecule has 0 aliphatic heterocycles. The van der Waals surface area contributed by atoms with Gasteiger partial charge in [0.2, 0.25) is 5.91 Å². The van der Waals surface area contributed by atoms with E-state index in [1.807, 2.05) is 6.07 Å². The van der Waals surface area contributed by atoms with Crippen molar-refractivity contribution < 1.29 is 9.59 Å². The van der Waals surface area contributed by atoms with Gasteiger partial charge in [-0.15, -0.1) is 11.3 Å². The van der Waals surface area contributed by atoms with Crippen molar-refractivity contribution in [1.82, 2.24) is 29.4 Å². The molecule has 9 nitrogen and oxygen atoms in total. The number of nitrogens with zero attached hydrogens (tertiary/aromatic N) is 6. The van der Waals surface area contributed by atoms with Gasteiger partial charge in [0.25, 0.3) is 5.91 Å². The Morgan fingerprint density at radius 1 is 1.12 bits per heavy atom. The van der Waals surface area contributed by atoms with Crippen LogP contribution in [0.1, 0.15) is 22.3 Å². The normalized spacial score (nSPS) is 11.4. The van der Waals surface area contributed by atoms with E-state index >= 15 is 0 Å². The smallest absolute Gasteiger partial charge is 0.272 e. The maximum Gasteiger partial charge on any atom is 0.272 e. The highest BCUT2D eigenvalue weighted by molar-refractivity contribution is 7.18. The molecule has 0 unspecified atom stereocenters. The van der Waals surface area contributed by atoms with E-state index in [9.17, 15) is 9.59 Å². The molecule has 2 amide bonds. The molecule has 0 spiro atoms. The summed E-state index contributed by atoms with van der Waals surface area (Å²) >= 11 is 7.52. The molecule has 5 rings (SSSR count). The summed E-state index contributed by atoms with van der Waals surface area (Å²) in [4.78, 5) is 38.9. The van der Waals surface area contributed by atoms with Gasteiger partial charge in [0, 0.05) is 24.6 Å². The fourth-order valence-corrected chi connectivity index (χ4v) is 4.68. The molecule has 0 bridgehead atoms. The van der Waals surface area contributed by atoms with Gasteiger partial charge in [0.1, 0.15) is 16.3 Å². The van der Waals surface area contributed by atoms with Crippen molar-refractivity contribution in [3.63, 3.8) is 0 Å². The number of halogens is 1. The minimum atomic E-state index is -0.350. The van der Waals surface area contributed by atoms with Gasteiger partial charge in [-0.25, -0.2) is 20.0 Å². The number of imidazole rings is 1. The zero-order valence-electron chi connectivity index (χ0n) is 17.7. The van der Waals surface area contributed by atoms with Gasteiger partial charge in [0.05, 0.1) is 40.3 Å². The monoisotopic (exact) mass is 479 g/mol. The lowest BCUT2D eigenvalue weighted by molar-refractivity contribution is -0.140. The second-order valence-electron chi connectivity index (χ2n) is 7.47. The third-order valence-electron chi connectivity index (χ3n) is 5.35. The van der Waals surface area contributed by atoms with Crippen LogP contribution in [0.2, 0.25) is 5.02 Å². The highest BCUT2D eigenvalue weighted by Gasteiger charge is 2.24. The average molecular weight is 480 g/mol. The molecule has 5 aromatic rings. The average Bonchev–Trinajstić information content (AvgIpc) is 3.43. The van der Waals surface area contributed by atoms with Crippen LogP contribution in [-0.2, 0) is 11.3 Å². The number of aromatic nitrogens is 4. The summed E-state index contributed by atoms with van der Waals surface area (Å²) in [5, 5.41) is 3.93. The number of hydrazine groups is 1. The summed E-state index contributed by atoms with van der Waals surface area (Å²) in [6, 6.07) is 10.6. The molecule has 0 saturated heterocycles. The van der Waals surface area contributed by atoms with Crippen LogP contribution < -0.4 is 5.73 Å². The van der Waals surface area contributed by atoms with Crippen molar-refractivity contribution in [1.29, 1.82) is 0 Å². The van der Waals surface area contributed by atoms with Crippen LogP contribution in [0.3, 0.4) is 0 Å². The maximum absolute atomic E-state index is 13.6. The second-order valence-corrected chi connectivity index (χ2v) is 9.03. The first-order valence-electron chi connectivity index (χ1n) is 9.94. The van der Waals surface area contributed by atoms with E-state index in [-0.39, 0.29) is 18.4 Å². The van der Waals surface area contributed by atoms with Gasteiger partial charge in [-0.1, -0.05) is 11.6 Å². The Morgan fingerprint density at radius 3 is 2.73 bits per heavy atom. The van der Waals surface area contributed by atoms with Gasteiger partial charge in [-0.3, -0.25) is 19.0 Å². The number of rotatable bonds is 3. The highest BCUT2D eigenvalue weighted by atomic mass is 35.5. The number of nitrogen functional groups attached to an aromatic ring is 1. The molecule has 0 radical (unpaired) electrons. The molecule has 2 N–H and O–H groups in total. The molecule has 0 atom stereocenters. The minimum absolute atomic E-state index is 0.129. The van der Waals surface area contributed by atoms with Crippen molar-refractivity contribution in [3.05, 3.63) is 64.5 Å². The first-order valence-corrected chi connectivity index (χ1v) is 11.1. The molecule has 166 valence electrons. The molecular formula is C22H18ClN7O2S. The SMILES string of the molecule is CC(=O)N(C)N(Cc1nc2cc(Cl)ccc2s1)C(=O)c1ccc2nc(N)c3cncn3c2c1. The zero-order chi connectivity index (χ0) is 23.3. The van der Waals surface area contributed by atoms with E-state index in [0.717, 1.165) is 10.2 Å². The van der Waals surface area contributed by atoms with Crippen LogP contribution in [0.4, 0.5) is 5.82 Å². The third kappa shape index (κ3) is 3.73. The number of benzene rings is 2. The Balaban J connectivity index is 1.55. The van der Waals surface area contributed by atoms with Crippen molar-refractivity contribution >= 4 is 67.3 Å². The molecular weight excluding hydrogens is 462 g/mol. The van der Waals surface area contributed by atoms with Crippen LogP contribution in [0.5, 0.6) is 0 Å². The van der Waals surface area contributed by atoms with Crippen molar-refractivity contribution in [2.24, 2.45) is 0 Å². The number of hydrogen-bond donors (Lipinski definition) is 1. The van der Waals surface area contributed by atoms with E-state index in [0.29, 0.717) is 38.0 Å². The van der Waals surface area contributed by atoms with Crippen LogP contribution in [-0.4, -0.2) is 48.2 Å². The topological polar surface area (TPSA) is 110 Å². The van der Waals surface area contributed by atoms with Gasteiger partial charge in [0.15, 0.2) is 0 Å². The first kappa shape index (κ1) is 21.1. The van der Waals surface area contributed by atoms with Crippen LogP contribution in [0.25, 0.3) is 26.8 Å². The van der Waals surface area contributed by atoms with E-state index < -0.39 is 0 Å². The molecule has 33 heavy (non-hydrogen) atoms. The lowest BCUT2D eigenvalue weighted by Crippen LogP contribution is -2.46. The van der Waals surface area contributed by atoms with Crippen LogP contribution >= 0.6 is 22.9 Å². The Labute approximate surface area is 197 Å². The molecule has 0 aliphatic rings. The molecule has 0 fully saturated rings. The number of amides is 2. The predicted octanol–water partition coefficient (Wildman–Crippen LogP) is 3.76. The van der Waals surface area contributed by atoms with Crippen LogP contribution in [0, 0.1) is 0 Å². The fraction of sp³-hybridized carbons (Fsp3) is 0.136. The molecule has 11 heteroatoms. The number of hydrogen-bond acceptors (Lipinski definition) is 7. The number of fused-ring (bicyclic) bond motifs is 4. The van der Waals surface area contributed by atoms with Gasteiger partial charge >= 0.3 is 0 Å². The molecule has 0 aliphatic carbocycles. The Morgan fingerprint density at radius 2 is 1.94 bits per heavy atom. The van der Waals surface area contributed by atoms with E-state index in [1.54, 1.807) is 54.3 Å². The summed E-state index contributed by atoms with van der Waals surface area (Å²) < 4.78 is 2.73. The fourth-order valence-electron chi connectivity index (χ4n) is 3.58. The number of nitrogens with two attached hydrogens (primary N) is 1. The molecule has 2 aromatic carbocycles.